The minimum Gasteiger partial charge on any atom is -0.392 e. The van der Waals surface area contributed by atoms with Gasteiger partial charge in [-0.3, -0.25) is 0 Å². The zero-order valence-corrected chi connectivity index (χ0v) is 9.58. The molecular weight excluding hydrogens is 262 g/mol. The van der Waals surface area contributed by atoms with Crippen LogP contribution in [0.4, 0.5) is 17.6 Å². The summed E-state index contributed by atoms with van der Waals surface area (Å²) in [7, 11) is 0. The SMILES string of the molecule is OCc1cc(C(F)(F)F)ccc1-c1ccc(F)nc1. The maximum absolute atomic E-state index is 12.7. The molecular formula is C13H9F4NO. The number of aliphatic hydroxyl groups is 1. The third-order valence-corrected chi connectivity index (χ3v) is 2.64. The molecule has 0 radical (unpaired) electrons. The normalized spacial score (nSPS) is 11.6. The Labute approximate surface area is 106 Å². The molecule has 0 amide bonds. The molecule has 0 spiro atoms. The van der Waals surface area contributed by atoms with Crippen LogP contribution in [0.25, 0.3) is 11.1 Å². The Kier molecular flexibility index (Phi) is 3.53. The average Bonchev–Trinajstić information content (AvgIpc) is 2.38. The molecule has 0 fully saturated rings. The first-order valence-corrected chi connectivity index (χ1v) is 5.34. The van der Waals surface area contributed by atoms with Gasteiger partial charge in [0.25, 0.3) is 0 Å². The number of hydrogen-bond donors (Lipinski definition) is 1. The monoisotopic (exact) mass is 271 g/mol. The second kappa shape index (κ2) is 4.97. The first-order chi connectivity index (χ1) is 8.91. The Morgan fingerprint density at radius 2 is 1.84 bits per heavy atom. The van der Waals surface area contributed by atoms with Gasteiger partial charge < -0.3 is 5.11 Å². The van der Waals surface area contributed by atoms with Crippen molar-refractivity contribution in [3.05, 3.63) is 53.6 Å². The van der Waals surface area contributed by atoms with Crippen LogP contribution in [0.15, 0.2) is 36.5 Å². The van der Waals surface area contributed by atoms with Crippen LogP contribution in [-0.2, 0) is 12.8 Å². The number of aromatic nitrogens is 1. The van der Waals surface area contributed by atoms with Gasteiger partial charge in [0.05, 0.1) is 12.2 Å². The summed E-state index contributed by atoms with van der Waals surface area (Å²) in [5.41, 5.74) is 0.112. The lowest BCUT2D eigenvalue weighted by Crippen LogP contribution is -2.06. The minimum absolute atomic E-state index is 0.114. The average molecular weight is 271 g/mol. The molecule has 0 aliphatic carbocycles. The number of benzene rings is 1. The molecule has 0 saturated carbocycles. The van der Waals surface area contributed by atoms with Crippen molar-refractivity contribution in [2.45, 2.75) is 12.8 Å². The lowest BCUT2D eigenvalue weighted by atomic mass is 9.99. The zero-order chi connectivity index (χ0) is 14.0. The van der Waals surface area contributed by atoms with Gasteiger partial charge in [-0.2, -0.15) is 17.6 Å². The molecule has 0 aliphatic heterocycles. The molecule has 19 heavy (non-hydrogen) atoms. The van der Waals surface area contributed by atoms with E-state index < -0.39 is 24.3 Å². The van der Waals surface area contributed by atoms with Crippen LogP contribution in [0.5, 0.6) is 0 Å². The number of alkyl halides is 3. The van der Waals surface area contributed by atoms with Gasteiger partial charge in [-0.1, -0.05) is 6.07 Å². The minimum atomic E-state index is -4.47. The highest BCUT2D eigenvalue weighted by atomic mass is 19.4. The van der Waals surface area contributed by atoms with Crippen LogP contribution >= 0.6 is 0 Å². The molecule has 0 saturated heterocycles. The maximum atomic E-state index is 12.7. The third-order valence-electron chi connectivity index (χ3n) is 2.64. The molecule has 1 aromatic carbocycles. The molecule has 0 aliphatic rings. The van der Waals surface area contributed by atoms with Crippen molar-refractivity contribution in [3.63, 3.8) is 0 Å². The van der Waals surface area contributed by atoms with Crippen LogP contribution < -0.4 is 0 Å². The molecule has 1 N–H and O–H groups in total. The summed E-state index contributed by atoms with van der Waals surface area (Å²) in [6, 6.07) is 5.53. The zero-order valence-electron chi connectivity index (χ0n) is 9.58. The van der Waals surface area contributed by atoms with E-state index in [2.05, 4.69) is 4.98 Å². The van der Waals surface area contributed by atoms with Gasteiger partial charge in [0, 0.05) is 11.8 Å². The van der Waals surface area contributed by atoms with Crippen molar-refractivity contribution in [3.8, 4) is 11.1 Å². The van der Waals surface area contributed by atoms with Crippen LogP contribution in [-0.4, -0.2) is 10.1 Å². The van der Waals surface area contributed by atoms with E-state index in [4.69, 9.17) is 5.11 Å². The quantitative estimate of drug-likeness (QED) is 0.670. The highest BCUT2D eigenvalue weighted by molar-refractivity contribution is 5.67. The molecule has 0 atom stereocenters. The van der Waals surface area contributed by atoms with Gasteiger partial charge in [-0.25, -0.2) is 4.98 Å². The number of pyridine rings is 1. The first kappa shape index (κ1) is 13.5. The Balaban J connectivity index is 2.50. The second-order valence-corrected chi connectivity index (χ2v) is 3.90. The Morgan fingerprint density at radius 3 is 2.37 bits per heavy atom. The van der Waals surface area contributed by atoms with Crippen LogP contribution in [0.1, 0.15) is 11.1 Å². The first-order valence-electron chi connectivity index (χ1n) is 5.34. The fourth-order valence-electron chi connectivity index (χ4n) is 1.72. The Bertz CT molecular complexity index is 578. The molecule has 1 heterocycles. The van der Waals surface area contributed by atoms with Gasteiger partial charge in [0.2, 0.25) is 5.95 Å². The summed E-state index contributed by atoms with van der Waals surface area (Å²) in [6.07, 6.45) is -3.26. The summed E-state index contributed by atoms with van der Waals surface area (Å²) in [5, 5.41) is 9.16. The number of hydrogen-bond acceptors (Lipinski definition) is 2. The van der Waals surface area contributed by atoms with Crippen LogP contribution in [0.3, 0.4) is 0 Å². The maximum Gasteiger partial charge on any atom is 0.416 e. The van der Waals surface area contributed by atoms with E-state index in [0.717, 1.165) is 18.2 Å². The van der Waals surface area contributed by atoms with Crippen molar-refractivity contribution in [1.29, 1.82) is 0 Å². The molecule has 100 valence electrons. The van der Waals surface area contributed by atoms with E-state index >= 15 is 0 Å². The van der Waals surface area contributed by atoms with Gasteiger partial charge in [-0.05, 0) is 35.4 Å². The van der Waals surface area contributed by atoms with E-state index in [1.807, 2.05) is 0 Å². The number of halogens is 4. The molecule has 1 aromatic heterocycles. The van der Waals surface area contributed by atoms with Crippen molar-refractivity contribution in [2.24, 2.45) is 0 Å². The van der Waals surface area contributed by atoms with Crippen molar-refractivity contribution in [1.82, 2.24) is 4.98 Å². The summed E-state index contributed by atoms with van der Waals surface area (Å²) in [5.74, 6) is -0.679. The molecule has 0 unspecified atom stereocenters. The summed E-state index contributed by atoms with van der Waals surface area (Å²) in [4.78, 5) is 3.43. The van der Waals surface area contributed by atoms with Crippen LogP contribution in [0, 0.1) is 5.95 Å². The summed E-state index contributed by atoms with van der Waals surface area (Å²) >= 11 is 0. The topological polar surface area (TPSA) is 33.1 Å². The van der Waals surface area contributed by atoms with E-state index in [1.54, 1.807) is 0 Å². The van der Waals surface area contributed by atoms with Crippen molar-refractivity contribution < 1.29 is 22.7 Å². The number of aliphatic hydroxyl groups excluding tert-OH is 1. The van der Waals surface area contributed by atoms with E-state index in [-0.39, 0.29) is 5.56 Å². The Hall–Kier alpha value is -1.95. The Morgan fingerprint density at radius 1 is 1.11 bits per heavy atom. The highest BCUT2D eigenvalue weighted by Gasteiger charge is 2.30. The predicted molar refractivity (Wildman–Crippen MR) is 60.6 cm³/mol. The fraction of sp³-hybridized carbons (Fsp3) is 0.154. The van der Waals surface area contributed by atoms with E-state index in [9.17, 15) is 17.6 Å². The van der Waals surface area contributed by atoms with Gasteiger partial charge in [0.1, 0.15) is 0 Å². The fourth-order valence-corrected chi connectivity index (χ4v) is 1.72. The molecule has 2 aromatic rings. The predicted octanol–water partition coefficient (Wildman–Crippen LogP) is 3.40. The smallest absolute Gasteiger partial charge is 0.392 e. The van der Waals surface area contributed by atoms with E-state index in [1.165, 1.54) is 18.3 Å². The molecule has 0 bridgehead atoms. The third kappa shape index (κ3) is 2.90. The summed E-state index contributed by atoms with van der Waals surface area (Å²) in [6.45, 7) is -0.545. The largest absolute Gasteiger partial charge is 0.416 e. The van der Waals surface area contributed by atoms with Crippen LogP contribution in [0.2, 0.25) is 0 Å². The molecule has 2 nitrogen and oxygen atoms in total. The van der Waals surface area contributed by atoms with Gasteiger partial charge in [0.15, 0.2) is 0 Å². The standard InChI is InChI=1S/C13H9F4NO/c14-12-4-1-8(6-18-12)11-3-2-10(13(15,16)17)5-9(11)7-19/h1-6,19H,7H2. The van der Waals surface area contributed by atoms with Crippen molar-refractivity contribution in [2.75, 3.05) is 0 Å². The van der Waals surface area contributed by atoms with Crippen molar-refractivity contribution >= 4 is 0 Å². The molecule has 6 heteroatoms. The van der Waals surface area contributed by atoms with Gasteiger partial charge >= 0.3 is 6.18 Å². The number of rotatable bonds is 2. The second-order valence-electron chi connectivity index (χ2n) is 3.90. The lowest BCUT2D eigenvalue weighted by Gasteiger charge is -2.12. The molecule has 2 rings (SSSR count). The van der Waals surface area contributed by atoms with E-state index in [0.29, 0.717) is 11.1 Å². The number of nitrogens with zero attached hydrogens (tertiary/aromatic N) is 1. The lowest BCUT2D eigenvalue weighted by molar-refractivity contribution is -0.137. The summed E-state index contributed by atoms with van der Waals surface area (Å²) < 4.78 is 50.3. The highest BCUT2D eigenvalue weighted by Crippen LogP contribution is 2.33. The van der Waals surface area contributed by atoms with Gasteiger partial charge in [-0.15, -0.1) is 0 Å².